The van der Waals surface area contributed by atoms with Crippen molar-refractivity contribution in [1.29, 1.82) is 0 Å². The zero-order chi connectivity index (χ0) is 18.6. The summed E-state index contributed by atoms with van der Waals surface area (Å²) in [6, 6.07) is -0.667. The highest BCUT2D eigenvalue weighted by molar-refractivity contribution is 8.03. The van der Waals surface area contributed by atoms with Gasteiger partial charge in [-0.05, 0) is 20.4 Å². The maximum absolute atomic E-state index is 12.3. The molecule has 8 nitrogen and oxygen atoms in total. The summed E-state index contributed by atoms with van der Waals surface area (Å²) in [6.45, 7) is 4.07. The summed E-state index contributed by atoms with van der Waals surface area (Å²) in [5, 5.41) is 19.5. The van der Waals surface area contributed by atoms with Crippen LogP contribution in [0.2, 0.25) is 0 Å². The molecule has 0 saturated carbocycles. The van der Waals surface area contributed by atoms with Gasteiger partial charge in [-0.3, -0.25) is 14.5 Å². The Labute approximate surface area is 150 Å². The van der Waals surface area contributed by atoms with Crippen molar-refractivity contribution < 1.29 is 24.6 Å². The van der Waals surface area contributed by atoms with E-state index in [1.165, 1.54) is 16.7 Å². The molecule has 138 valence electrons. The maximum atomic E-state index is 12.3. The van der Waals surface area contributed by atoms with Gasteiger partial charge in [0.2, 0.25) is 11.8 Å². The number of nitrogens with zero attached hydrogens (tertiary/aromatic N) is 2. The van der Waals surface area contributed by atoms with Crippen LogP contribution in [0.4, 0.5) is 0 Å². The van der Waals surface area contributed by atoms with E-state index in [1.54, 1.807) is 6.92 Å². The quantitative estimate of drug-likeness (QED) is 0.554. The Bertz CT molecular complexity index is 664. The number of carbonyl (C=O) groups excluding carboxylic acids is 2. The highest BCUT2D eigenvalue weighted by atomic mass is 32.2. The molecule has 0 aromatic heterocycles. The summed E-state index contributed by atoms with van der Waals surface area (Å²) in [5.74, 6) is -2.57. The Morgan fingerprint density at radius 2 is 2.04 bits per heavy atom. The van der Waals surface area contributed by atoms with Gasteiger partial charge >= 0.3 is 5.97 Å². The van der Waals surface area contributed by atoms with Crippen LogP contribution in [0.1, 0.15) is 20.3 Å². The molecule has 6 atom stereocenters. The first kappa shape index (κ1) is 18.2. The Morgan fingerprint density at radius 3 is 2.52 bits per heavy atom. The lowest BCUT2D eigenvalue weighted by molar-refractivity contribution is -0.163. The molecule has 2 fully saturated rings. The van der Waals surface area contributed by atoms with Crippen LogP contribution in [0.3, 0.4) is 0 Å². The van der Waals surface area contributed by atoms with Gasteiger partial charge in [-0.15, -0.1) is 11.8 Å². The van der Waals surface area contributed by atoms with Crippen LogP contribution >= 0.6 is 11.8 Å². The summed E-state index contributed by atoms with van der Waals surface area (Å²) in [5.41, 5.74) is 5.43. The van der Waals surface area contributed by atoms with Crippen LogP contribution in [0, 0.1) is 11.8 Å². The van der Waals surface area contributed by atoms with Crippen molar-refractivity contribution in [3.8, 4) is 0 Å². The van der Waals surface area contributed by atoms with E-state index in [1.807, 2.05) is 18.9 Å². The smallest absolute Gasteiger partial charge is 0.353 e. The molecule has 25 heavy (non-hydrogen) atoms. The zero-order valence-electron chi connectivity index (χ0n) is 14.4. The average Bonchev–Trinajstić information content (AvgIpc) is 2.97. The normalized spacial score (nSPS) is 36.4. The number of carbonyl (C=O) groups is 3. The lowest BCUT2D eigenvalue weighted by Gasteiger charge is -2.46. The van der Waals surface area contributed by atoms with E-state index in [4.69, 9.17) is 5.73 Å². The first-order valence-corrected chi connectivity index (χ1v) is 9.17. The molecule has 0 aliphatic carbocycles. The fourth-order valence-electron chi connectivity index (χ4n) is 4.23. The van der Waals surface area contributed by atoms with Crippen LogP contribution in [0.15, 0.2) is 10.6 Å². The van der Waals surface area contributed by atoms with Gasteiger partial charge in [-0.1, -0.05) is 6.92 Å². The predicted molar refractivity (Wildman–Crippen MR) is 91.2 cm³/mol. The molecule has 0 bridgehead atoms. The molecule has 5 unspecified atom stereocenters. The van der Waals surface area contributed by atoms with Gasteiger partial charge in [-0.25, -0.2) is 4.79 Å². The second kappa shape index (κ2) is 6.30. The number of likely N-dealkylation sites (N-methyl/N-ethyl adjacent to an activating group) is 1. The molecule has 2 saturated heterocycles. The van der Waals surface area contributed by atoms with Crippen LogP contribution in [-0.2, 0) is 14.4 Å². The Hall–Kier alpha value is -1.58. The van der Waals surface area contributed by atoms with Crippen molar-refractivity contribution in [2.45, 2.75) is 43.7 Å². The van der Waals surface area contributed by atoms with Crippen molar-refractivity contribution in [2.24, 2.45) is 17.6 Å². The lowest BCUT2D eigenvalue weighted by atomic mass is 9.79. The minimum absolute atomic E-state index is 0.0228. The topological polar surface area (TPSA) is 124 Å². The number of likely N-dealkylation sites (tertiary alicyclic amines) is 1. The molecule has 9 heteroatoms. The number of fused-ring (bicyclic) bond motifs is 1. The number of rotatable bonds is 5. The number of primary amides is 1. The second-order valence-corrected chi connectivity index (χ2v) is 8.45. The molecule has 3 rings (SSSR count). The zero-order valence-corrected chi connectivity index (χ0v) is 15.2. The van der Waals surface area contributed by atoms with E-state index in [-0.39, 0.29) is 40.8 Å². The van der Waals surface area contributed by atoms with Crippen LogP contribution in [0.5, 0.6) is 0 Å². The van der Waals surface area contributed by atoms with Crippen LogP contribution in [0.25, 0.3) is 0 Å². The molecule has 3 heterocycles. The Morgan fingerprint density at radius 1 is 1.40 bits per heavy atom. The lowest BCUT2D eigenvalue weighted by Crippen LogP contribution is -2.63. The number of nitrogens with two attached hydrogens (primary N) is 1. The molecule has 2 amide bonds. The third-order valence-corrected chi connectivity index (χ3v) is 6.94. The minimum Gasteiger partial charge on any atom is -0.477 e. The van der Waals surface area contributed by atoms with Crippen molar-refractivity contribution >= 4 is 29.5 Å². The van der Waals surface area contributed by atoms with Crippen molar-refractivity contribution in [3.05, 3.63) is 10.6 Å². The largest absolute Gasteiger partial charge is 0.477 e. The minimum atomic E-state index is -1.13. The Balaban J connectivity index is 1.84. The van der Waals surface area contributed by atoms with Crippen LogP contribution < -0.4 is 5.73 Å². The number of aliphatic carboxylic acids is 1. The standard InChI is InChI=1S/C16H23N3O5S/c1-6-11-10(7(2)20)15(22)19(11)12(16(23)24)13(6)25-8-4-9(14(17)21)18(3)5-8/h6-11,20H,4-5H2,1-3H3,(H2,17,21)(H,23,24)/t6?,7?,8?,9?,10?,11-/m1/s1. The highest BCUT2D eigenvalue weighted by Crippen LogP contribution is 2.52. The van der Waals surface area contributed by atoms with Crippen molar-refractivity contribution in [1.82, 2.24) is 9.80 Å². The number of hydrogen-bond acceptors (Lipinski definition) is 6. The van der Waals surface area contributed by atoms with Gasteiger partial charge in [0.05, 0.1) is 24.1 Å². The first-order valence-electron chi connectivity index (χ1n) is 8.30. The first-order chi connectivity index (χ1) is 11.6. The van der Waals surface area contributed by atoms with Gasteiger partial charge < -0.3 is 20.8 Å². The van der Waals surface area contributed by atoms with Gasteiger partial charge in [0.25, 0.3) is 0 Å². The monoisotopic (exact) mass is 369 g/mol. The third kappa shape index (κ3) is 2.74. The van der Waals surface area contributed by atoms with Crippen molar-refractivity contribution in [3.63, 3.8) is 0 Å². The number of carboxylic acid groups (broad SMARTS) is 1. The van der Waals surface area contributed by atoms with Crippen LogP contribution in [-0.4, -0.2) is 74.8 Å². The number of hydrogen-bond donors (Lipinski definition) is 3. The van der Waals surface area contributed by atoms with Gasteiger partial charge in [0.15, 0.2) is 0 Å². The number of aliphatic hydroxyl groups is 1. The molecular formula is C16H23N3O5S. The summed E-state index contributed by atoms with van der Waals surface area (Å²) in [7, 11) is 1.82. The molecule has 3 aliphatic heterocycles. The number of amides is 2. The average molecular weight is 369 g/mol. The SMILES string of the molecule is CC(O)C1C(=O)N2C(C(=O)O)=C(SC3CC(C(N)=O)N(C)C3)C(C)[C@H]12. The van der Waals surface area contributed by atoms with Crippen molar-refractivity contribution in [2.75, 3.05) is 13.6 Å². The van der Waals surface area contributed by atoms with E-state index in [0.717, 1.165) is 0 Å². The summed E-state index contributed by atoms with van der Waals surface area (Å²) < 4.78 is 0. The fraction of sp³-hybridized carbons (Fsp3) is 0.688. The Kier molecular flexibility index (Phi) is 4.59. The maximum Gasteiger partial charge on any atom is 0.353 e. The molecular weight excluding hydrogens is 346 g/mol. The predicted octanol–water partition coefficient (Wildman–Crippen LogP) is -0.569. The summed E-state index contributed by atoms with van der Waals surface area (Å²) >= 11 is 1.42. The fourth-order valence-corrected chi connectivity index (χ4v) is 5.83. The number of β-lactam (4-membered cyclic amide) rings is 1. The summed E-state index contributed by atoms with van der Waals surface area (Å²) in [4.78, 5) is 39.4. The van der Waals surface area contributed by atoms with Gasteiger partial charge in [0.1, 0.15) is 5.70 Å². The second-order valence-electron chi connectivity index (χ2n) is 7.11. The van der Waals surface area contributed by atoms with E-state index in [9.17, 15) is 24.6 Å². The van der Waals surface area contributed by atoms with Gasteiger partial charge in [0, 0.05) is 22.6 Å². The molecule has 0 spiro atoms. The summed E-state index contributed by atoms with van der Waals surface area (Å²) in [6.07, 6.45) is -0.259. The van der Waals surface area contributed by atoms with E-state index < -0.39 is 18.0 Å². The number of thioether (sulfide) groups is 1. The molecule has 0 radical (unpaired) electrons. The number of carboxylic acids is 1. The van der Waals surface area contributed by atoms with Gasteiger partial charge in [-0.2, -0.15) is 0 Å². The third-order valence-electron chi connectivity index (χ3n) is 5.44. The van der Waals surface area contributed by atoms with E-state index in [0.29, 0.717) is 17.9 Å². The highest BCUT2D eigenvalue weighted by Gasteiger charge is 2.60. The number of aliphatic hydroxyl groups excluding tert-OH is 1. The molecule has 0 aromatic rings. The molecule has 0 aromatic carbocycles. The van der Waals surface area contributed by atoms with E-state index in [2.05, 4.69) is 0 Å². The van der Waals surface area contributed by atoms with E-state index >= 15 is 0 Å². The molecule has 3 aliphatic rings. The molecule has 4 N–H and O–H groups in total.